The molecule has 0 amide bonds. The van der Waals surface area contributed by atoms with E-state index in [1.165, 1.54) is 89.8 Å². The smallest absolute Gasteiger partial charge is 0.159 e. The molecule has 82 heavy (non-hydrogen) atoms. The van der Waals surface area contributed by atoms with Crippen LogP contribution in [0.25, 0.3) is 43.9 Å². The Morgan fingerprint density at radius 1 is 0.329 bits per heavy atom. The lowest BCUT2D eigenvalue weighted by atomic mass is 9.81. The first-order valence-corrected chi connectivity index (χ1v) is 29.1. The highest BCUT2D eigenvalue weighted by molar-refractivity contribution is 6.12. The van der Waals surface area contributed by atoms with Gasteiger partial charge in [0.15, 0.2) is 11.2 Å². The molecule has 4 aliphatic heterocycles. The molecule has 0 atom stereocenters. The second-order valence-corrected chi connectivity index (χ2v) is 23.6. The molecule has 0 unspecified atom stereocenters. The predicted molar refractivity (Wildman–Crippen MR) is 339 cm³/mol. The van der Waals surface area contributed by atoms with Crippen molar-refractivity contribution >= 4 is 112 Å². The first kappa shape index (κ1) is 47.1. The average Bonchev–Trinajstić information content (AvgIpc) is 1.79. The normalized spacial score (nSPS) is 13.6. The summed E-state index contributed by atoms with van der Waals surface area (Å²) >= 11 is 0. The third kappa shape index (κ3) is 6.94. The third-order valence-electron chi connectivity index (χ3n) is 18.2. The van der Waals surface area contributed by atoms with Gasteiger partial charge in [-0.2, -0.15) is 0 Å². The Labute approximate surface area is 477 Å². The average molecular weight is 1060 g/mol. The SMILES string of the molecule is CC(C)c1ccc(N(c2ccc3c4c2Cc2ccccc2N4c2cc4c(cc2C3)N2c3ccccc3Cc3c(N(c5ccc(C(C)C)cc5)c5cccc6c5oc5ccccc56)ccc(c32)C4)c2cccc3c2oc2ccccc23)cc1. The van der Waals surface area contributed by atoms with Gasteiger partial charge in [-0.15, -0.1) is 0 Å². The number of benzene rings is 11. The summed E-state index contributed by atoms with van der Waals surface area (Å²) in [6.07, 6.45) is 3.22. The number of hydrogen-bond acceptors (Lipinski definition) is 6. The zero-order valence-corrected chi connectivity index (χ0v) is 46.4. The van der Waals surface area contributed by atoms with Gasteiger partial charge in [0.05, 0.1) is 45.5 Å². The zero-order valence-electron chi connectivity index (χ0n) is 46.4. The lowest BCUT2D eigenvalue weighted by Gasteiger charge is -2.44. The maximum Gasteiger partial charge on any atom is 0.159 e. The zero-order chi connectivity index (χ0) is 54.5. The van der Waals surface area contributed by atoms with Crippen LogP contribution in [0.3, 0.4) is 0 Å². The van der Waals surface area contributed by atoms with Crippen LogP contribution in [-0.2, 0) is 25.7 Å². The van der Waals surface area contributed by atoms with E-state index in [9.17, 15) is 0 Å². The molecule has 0 bridgehead atoms. The van der Waals surface area contributed by atoms with Crippen LogP contribution in [0.2, 0.25) is 0 Å². The Morgan fingerprint density at radius 3 is 1.17 bits per heavy atom. The van der Waals surface area contributed by atoms with Crippen molar-refractivity contribution in [3.8, 4) is 0 Å². The summed E-state index contributed by atoms with van der Waals surface area (Å²) in [6.45, 7) is 9.06. The summed E-state index contributed by atoms with van der Waals surface area (Å²) < 4.78 is 13.7. The highest BCUT2D eigenvalue weighted by atomic mass is 16.3. The van der Waals surface area contributed by atoms with Gasteiger partial charge in [-0.1, -0.05) is 161 Å². The van der Waals surface area contributed by atoms with Gasteiger partial charge in [0.25, 0.3) is 0 Å². The lowest BCUT2D eigenvalue weighted by molar-refractivity contribution is 0.668. The third-order valence-corrected chi connectivity index (χ3v) is 18.2. The number of nitrogens with zero attached hydrogens (tertiary/aromatic N) is 4. The first-order valence-electron chi connectivity index (χ1n) is 29.1. The monoisotopic (exact) mass is 1060 g/mol. The van der Waals surface area contributed by atoms with Gasteiger partial charge >= 0.3 is 0 Å². The Balaban J connectivity index is 0.842. The van der Waals surface area contributed by atoms with Crippen LogP contribution in [-0.4, -0.2) is 0 Å². The number of rotatable bonds is 8. The Bertz CT molecular complexity index is 4490. The molecule has 4 aliphatic rings. The first-order chi connectivity index (χ1) is 40.3. The summed E-state index contributed by atoms with van der Waals surface area (Å²) in [7, 11) is 0. The van der Waals surface area contributed by atoms with E-state index < -0.39 is 0 Å². The van der Waals surface area contributed by atoms with E-state index in [4.69, 9.17) is 8.83 Å². The standard InChI is InChI=1S/C76H58N4O2/c1-45(2)47-27-33-55(34-28-47)77(67-23-13-19-59-57-17-7-11-25-71(57)81-75(59)67)65-37-31-51-39-53-44-70-54(43-69(53)79-63-21-9-5-15-49(63)41-61(65)73(51)79)40-52-32-38-66(62-42-50-16-6-10-22-64(50)80(70)74(52)62)78(56-35-29-48(30-36-56)46(3)4)68-24-14-20-60-58-18-8-12-26-72(58)82-76(60)68/h5-38,43-46H,39-42H2,1-4H3. The van der Waals surface area contributed by atoms with Gasteiger partial charge in [0.2, 0.25) is 0 Å². The fourth-order valence-electron chi connectivity index (χ4n) is 14.3. The van der Waals surface area contributed by atoms with Crippen molar-refractivity contribution in [2.45, 2.75) is 65.2 Å². The van der Waals surface area contributed by atoms with Gasteiger partial charge < -0.3 is 28.4 Å². The maximum atomic E-state index is 6.86. The van der Waals surface area contributed by atoms with E-state index in [0.717, 1.165) is 104 Å². The van der Waals surface area contributed by atoms with Crippen molar-refractivity contribution in [2.75, 3.05) is 19.6 Å². The molecule has 2 aromatic heterocycles. The molecular weight excluding hydrogens is 1000 g/mol. The number of fused-ring (bicyclic) bond motifs is 14. The second-order valence-electron chi connectivity index (χ2n) is 23.6. The Morgan fingerprint density at radius 2 is 0.732 bits per heavy atom. The molecule has 0 N–H and O–H groups in total. The molecule has 6 nitrogen and oxygen atoms in total. The van der Waals surface area contributed by atoms with Crippen LogP contribution in [0.1, 0.15) is 95.2 Å². The van der Waals surface area contributed by atoms with E-state index >= 15 is 0 Å². The topological polar surface area (TPSA) is 39.2 Å². The van der Waals surface area contributed by atoms with Gasteiger partial charge in [-0.3, -0.25) is 0 Å². The summed E-state index contributed by atoms with van der Waals surface area (Å²) in [4.78, 5) is 10.2. The fourth-order valence-corrected chi connectivity index (χ4v) is 14.3. The Hall–Kier alpha value is -9.78. The molecule has 13 aromatic rings. The molecule has 0 saturated carbocycles. The summed E-state index contributed by atoms with van der Waals surface area (Å²) in [6, 6.07) is 81.3. The number of furan rings is 2. The van der Waals surface area contributed by atoms with Gasteiger partial charge in [0.1, 0.15) is 11.2 Å². The minimum atomic E-state index is 0.415. The van der Waals surface area contributed by atoms with E-state index in [1.807, 2.05) is 0 Å². The number of para-hydroxylation sites is 6. The minimum absolute atomic E-state index is 0.415. The van der Waals surface area contributed by atoms with Crippen LogP contribution < -0.4 is 19.6 Å². The Kier molecular flexibility index (Phi) is 10.3. The summed E-state index contributed by atoms with van der Waals surface area (Å²) in [5.41, 5.74) is 30.9. The van der Waals surface area contributed by atoms with Crippen molar-refractivity contribution < 1.29 is 8.83 Å². The van der Waals surface area contributed by atoms with Gasteiger partial charge in [-0.05, 0) is 141 Å². The van der Waals surface area contributed by atoms with Crippen LogP contribution in [0, 0.1) is 0 Å². The van der Waals surface area contributed by atoms with Crippen LogP contribution in [0.5, 0.6) is 0 Å². The molecule has 0 spiro atoms. The van der Waals surface area contributed by atoms with Crippen molar-refractivity contribution in [3.63, 3.8) is 0 Å². The van der Waals surface area contributed by atoms with Crippen molar-refractivity contribution in [2.24, 2.45) is 0 Å². The molecule has 0 saturated heterocycles. The van der Waals surface area contributed by atoms with Crippen LogP contribution >= 0.6 is 0 Å². The largest absolute Gasteiger partial charge is 0.454 e. The van der Waals surface area contributed by atoms with Gasteiger partial charge in [-0.25, -0.2) is 0 Å². The molecule has 394 valence electrons. The van der Waals surface area contributed by atoms with Crippen LogP contribution in [0.4, 0.5) is 68.2 Å². The second kappa shape index (κ2) is 17.9. The van der Waals surface area contributed by atoms with Crippen molar-refractivity contribution in [3.05, 3.63) is 274 Å². The van der Waals surface area contributed by atoms with Crippen molar-refractivity contribution in [1.29, 1.82) is 0 Å². The number of hydrogen-bond donors (Lipinski definition) is 0. The molecule has 11 aromatic carbocycles. The fraction of sp³-hybridized carbons (Fsp3) is 0.132. The minimum Gasteiger partial charge on any atom is -0.454 e. The van der Waals surface area contributed by atoms with Gasteiger partial charge in [0, 0.05) is 81.1 Å². The molecule has 17 rings (SSSR count). The molecule has 6 heteroatoms. The van der Waals surface area contributed by atoms with E-state index in [1.54, 1.807) is 0 Å². The predicted octanol–water partition coefficient (Wildman–Crippen LogP) is 21.2. The highest BCUT2D eigenvalue weighted by Gasteiger charge is 2.39. The molecule has 6 heterocycles. The lowest BCUT2D eigenvalue weighted by Crippen LogP contribution is -2.29. The molecule has 0 radical (unpaired) electrons. The van der Waals surface area contributed by atoms with Crippen LogP contribution in [0.15, 0.2) is 227 Å². The summed E-state index contributed by atoms with van der Waals surface area (Å²) in [5.74, 6) is 0.830. The summed E-state index contributed by atoms with van der Waals surface area (Å²) in [5, 5.41) is 4.48. The molecular formula is C76H58N4O2. The highest BCUT2D eigenvalue weighted by Crippen LogP contribution is 2.59. The maximum absolute atomic E-state index is 6.86. The number of anilines is 12. The van der Waals surface area contributed by atoms with E-state index in [2.05, 4.69) is 266 Å². The molecule has 0 fully saturated rings. The quantitative estimate of drug-likeness (QED) is 0.151. The van der Waals surface area contributed by atoms with E-state index in [-0.39, 0.29) is 0 Å². The van der Waals surface area contributed by atoms with E-state index in [0.29, 0.717) is 11.8 Å². The van der Waals surface area contributed by atoms with Crippen molar-refractivity contribution in [1.82, 2.24) is 0 Å². The molecule has 0 aliphatic carbocycles.